The lowest BCUT2D eigenvalue weighted by Gasteiger charge is -2.07. The normalized spacial score (nSPS) is 10.9. The second kappa shape index (κ2) is 4.39. The van der Waals surface area contributed by atoms with Crippen LogP contribution in [0.2, 0.25) is 0 Å². The Balaban J connectivity index is 2.00. The van der Waals surface area contributed by atoms with Crippen LogP contribution in [0, 0.1) is 19.7 Å². The van der Waals surface area contributed by atoms with Crippen molar-refractivity contribution < 1.29 is 9.13 Å². The number of H-pyrrole nitrogens is 1. The molecule has 0 spiro atoms. The molecule has 3 nitrogen and oxygen atoms in total. The van der Waals surface area contributed by atoms with Gasteiger partial charge in [-0.2, -0.15) is 0 Å². The van der Waals surface area contributed by atoms with Crippen LogP contribution in [0.5, 0.6) is 11.5 Å². The summed E-state index contributed by atoms with van der Waals surface area (Å²) in [6.45, 7) is 3.78. The number of hydrogen-bond acceptors (Lipinski definition) is 2. The molecular formula is C15H13FN2O. The Hall–Kier alpha value is -2.36. The Morgan fingerprint density at radius 3 is 2.53 bits per heavy atom. The third-order valence-electron chi connectivity index (χ3n) is 2.92. The molecule has 0 fully saturated rings. The Bertz CT molecular complexity index is 732. The Labute approximate surface area is 110 Å². The van der Waals surface area contributed by atoms with Gasteiger partial charge in [-0.3, -0.25) is 0 Å². The zero-order chi connectivity index (χ0) is 13.4. The van der Waals surface area contributed by atoms with Gasteiger partial charge in [0.2, 0.25) is 0 Å². The monoisotopic (exact) mass is 256 g/mol. The van der Waals surface area contributed by atoms with Crippen molar-refractivity contribution in [1.82, 2.24) is 9.97 Å². The third-order valence-corrected chi connectivity index (χ3v) is 2.92. The Morgan fingerprint density at radius 1 is 1.05 bits per heavy atom. The number of aromatic amines is 1. The van der Waals surface area contributed by atoms with Crippen molar-refractivity contribution in [2.75, 3.05) is 0 Å². The number of imidazole rings is 1. The number of hydrogen-bond donors (Lipinski definition) is 1. The minimum absolute atomic E-state index is 0.183. The fraction of sp³-hybridized carbons (Fsp3) is 0.133. The molecule has 1 N–H and O–H groups in total. The van der Waals surface area contributed by atoms with E-state index in [1.165, 1.54) is 0 Å². The van der Waals surface area contributed by atoms with Gasteiger partial charge in [-0.1, -0.05) is 17.7 Å². The molecule has 0 aliphatic rings. The summed E-state index contributed by atoms with van der Waals surface area (Å²) in [4.78, 5) is 7.11. The molecule has 4 heteroatoms. The summed E-state index contributed by atoms with van der Waals surface area (Å²) in [5.74, 6) is 1.03. The molecule has 0 saturated carbocycles. The SMILES string of the molecule is Cc1ccc(Oc2ccc3[nH]c(C)nc3c2F)cc1. The van der Waals surface area contributed by atoms with Crippen LogP contribution < -0.4 is 4.74 Å². The van der Waals surface area contributed by atoms with Crippen LogP contribution >= 0.6 is 0 Å². The van der Waals surface area contributed by atoms with Crippen LogP contribution in [0.1, 0.15) is 11.4 Å². The van der Waals surface area contributed by atoms with Crippen molar-refractivity contribution in [2.24, 2.45) is 0 Å². The van der Waals surface area contributed by atoms with Gasteiger partial charge in [0.15, 0.2) is 11.6 Å². The first-order chi connectivity index (χ1) is 9.13. The van der Waals surface area contributed by atoms with E-state index in [2.05, 4.69) is 9.97 Å². The topological polar surface area (TPSA) is 37.9 Å². The van der Waals surface area contributed by atoms with Crippen LogP contribution in [-0.2, 0) is 0 Å². The first-order valence-electron chi connectivity index (χ1n) is 6.03. The molecule has 0 aliphatic heterocycles. The quantitative estimate of drug-likeness (QED) is 0.749. The number of nitrogens with one attached hydrogen (secondary N) is 1. The van der Waals surface area contributed by atoms with E-state index in [-0.39, 0.29) is 5.75 Å². The molecule has 1 aromatic heterocycles. The number of fused-ring (bicyclic) bond motifs is 1. The van der Waals surface area contributed by atoms with Crippen molar-refractivity contribution in [3.63, 3.8) is 0 Å². The van der Waals surface area contributed by atoms with E-state index in [9.17, 15) is 4.39 Å². The third kappa shape index (κ3) is 2.17. The van der Waals surface area contributed by atoms with Crippen molar-refractivity contribution in [1.29, 1.82) is 0 Å². The largest absolute Gasteiger partial charge is 0.454 e. The number of ether oxygens (including phenoxy) is 1. The summed E-state index contributed by atoms with van der Waals surface area (Å²) in [5, 5.41) is 0. The van der Waals surface area contributed by atoms with Gasteiger partial charge in [-0.25, -0.2) is 9.37 Å². The minimum Gasteiger partial charge on any atom is -0.454 e. The molecule has 0 amide bonds. The molecule has 3 aromatic rings. The molecular weight excluding hydrogens is 243 g/mol. The highest BCUT2D eigenvalue weighted by atomic mass is 19.1. The molecule has 19 heavy (non-hydrogen) atoms. The average Bonchev–Trinajstić information content (AvgIpc) is 2.77. The van der Waals surface area contributed by atoms with E-state index in [1.54, 1.807) is 19.1 Å². The highest BCUT2D eigenvalue weighted by molar-refractivity contribution is 5.77. The number of benzene rings is 2. The summed E-state index contributed by atoms with van der Waals surface area (Å²) < 4.78 is 19.8. The lowest BCUT2D eigenvalue weighted by atomic mass is 10.2. The summed E-state index contributed by atoms with van der Waals surface area (Å²) >= 11 is 0. The molecule has 0 aliphatic carbocycles. The second-order valence-electron chi connectivity index (χ2n) is 4.51. The van der Waals surface area contributed by atoms with Crippen LogP contribution in [0.25, 0.3) is 11.0 Å². The highest BCUT2D eigenvalue weighted by Gasteiger charge is 2.12. The predicted molar refractivity (Wildman–Crippen MR) is 72.0 cm³/mol. The summed E-state index contributed by atoms with van der Waals surface area (Å²) in [5.41, 5.74) is 2.11. The second-order valence-corrected chi connectivity index (χ2v) is 4.51. The highest BCUT2D eigenvalue weighted by Crippen LogP contribution is 2.29. The van der Waals surface area contributed by atoms with Gasteiger partial charge in [0.25, 0.3) is 0 Å². The molecule has 1 heterocycles. The zero-order valence-electron chi connectivity index (χ0n) is 10.7. The maximum Gasteiger partial charge on any atom is 0.193 e. The smallest absolute Gasteiger partial charge is 0.193 e. The Morgan fingerprint density at radius 2 is 1.79 bits per heavy atom. The molecule has 0 bridgehead atoms. The van der Waals surface area contributed by atoms with E-state index < -0.39 is 5.82 Å². The molecule has 3 rings (SSSR count). The molecule has 96 valence electrons. The average molecular weight is 256 g/mol. The first kappa shape index (κ1) is 11.7. The van der Waals surface area contributed by atoms with Crippen molar-refractivity contribution >= 4 is 11.0 Å². The van der Waals surface area contributed by atoms with Gasteiger partial charge in [0, 0.05) is 0 Å². The van der Waals surface area contributed by atoms with E-state index in [0.29, 0.717) is 22.6 Å². The lowest BCUT2D eigenvalue weighted by Crippen LogP contribution is -1.89. The van der Waals surface area contributed by atoms with Crippen LogP contribution in [0.15, 0.2) is 36.4 Å². The maximum atomic E-state index is 14.2. The fourth-order valence-electron chi connectivity index (χ4n) is 1.96. The molecule has 0 radical (unpaired) electrons. The number of rotatable bonds is 2. The van der Waals surface area contributed by atoms with Crippen LogP contribution in [0.4, 0.5) is 4.39 Å². The van der Waals surface area contributed by atoms with Gasteiger partial charge in [0.05, 0.1) is 5.52 Å². The van der Waals surface area contributed by atoms with Gasteiger partial charge in [0.1, 0.15) is 17.1 Å². The lowest BCUT2D eigenvalue weighted by molar-refractivity contribution is 0.445. The van der Waals surface area contributed by atoms with Gasteiger partial charge in [-0.05, 0) is 38.1 Å². The van der Waals surface area contributed by atoms with E-state index in [0.717, 1.165) is 5.56 Å². The number of aryl methyl sites for hydroxylation is 2. The van der Waals surface area contributed by atoms with Gasteiger partial charge < -0.3 is 9.72 Å². The first-order valence-corrected chi connectivity index (χ1v) is 6.03. The van der Waals surface area contributed by atoms with Crippen molar-refractivity contribution in [3.8, 4) is 11.5 Å². The minimum atomic E-state index is -0.442. The van der Waals surface area contributed by atoms with Crippen molar-refractivity contribution in [2.45, 2.75) is 13.8 Å². The summed E-state index contributed by atoms with van der Waals surface area (Å²) in [7, 11) is 0. The molecule has 0 atom stereocenters. The summed E-state index contributed by atoms with van der Waals surface area (Å²) in [6.07, 6.45) is 0. The van der Waals surface area contributed by atoms with E-state index in [1.807, 2.05) is 31.2 Å². The van der Waals surface area contributed by atoms with E-state index in [4.69, 9.17) is 4.74 Å². The van der Waals surface area contributed by atoms with Gasteiger partial charge >= 0.3 is 0 Å². The maximum absolute atomic E-state index is 14.2. The summed E-state index contributed by atoms with van der Waals surface area (Å²) in [6, 6.07) is 10.8. The van der Waals surface area contributed by atoms with Crippen LogP contribution in [0.3, 0.4) is 0 Å². The number of aromatic nitrogens is 2. The number of nitrogens with zero attached hydrogens (tertiary/aromatic N) is 1. The number of halogens is 1. The Kier molecular flexibility index (Phi) is 2.71. The van der Waals surface area contributed by atoms with Crippen molar-refractivity contribution in [3.05, 3.63) is 53.6 Å². The molecule has 0 unspecified atom stereocenters. The standard InChI is InChI=1S/C15H13FN2O/c1-9-3-5-11(6-4-9)19-13-8-7-12-15(14(13)16)18-10(2)17-12/h3-8H,1-2H3,(H,17,18). The molecule has 0 saturated heterocycles. The van der Waals surface area contributed by atoms with Crippen LogP contribution in [-0.4, -0.2) is 9.97 Å². The molecule has 2 aromatic carbocycles. The van der Waals surface area contributed by atoms with E-state index >= 15 is 0 Å². The fourth-order valence-corrected chi connectivity index (χ4v) is 1.96. The van der Waals surface area contributed by atoms with Gasteiger partial charge in [-0.15, -0.1) is 0 Å². The predicted octanol–water partition coefficient (Wildman–Crippen LogP) is 4.11. The zero-order valence-corrected chi connectivity index (χ0v) is 10.7.